The first-order valence-electron chi connectivity index (χ1n) is 10.7. The topological polar surface area (TPSA) is 124 Å². The Morgan fingerprint density at radius 1 is 1.09 bits per heavy atom. The van der Waals surface area contributed by atoms with E-state index in [0.717, 1.165) is 30.6 Å². The standard InChI is InChI=1S/C23H27N7O2/c1-2-3-11-32-22-28-20(24)19-21(29-22)30(23(31)27-19)15-18-10-9-17(14-26-18)13-25-12-16-7-5-4-6-8-16/h4-10,14,25H,2-3,11-13,15H2,1H3,(H,27,31)(H2,24,28,29). The molecule has 9 heteroatoms. The summed E-state index contributed by atoms with van der Waals surface area (Å²) in [6.07, 6.45) is 3.70. The van der Waals surface area contributed by atoms with Crippen LogP contribution in [0.1, 0.15) is 36.6 Å². The molecule has 0 spiro atoms. The number of aromatic amines is 1. The molecular weight excluding hydrogens is 406 g/mol. The van der Waals surface area contributed by atoms with Crippen LogP contribution < -0.4 is 21.5 Å². The number of rotatable bonds is 10. The maximum atomic E-state index is 12.5. The van der Waals surface area contributed by atoms with Gasteiger partial charge in [-0.2, -0.15) is 9.97 Å². The van der Waals surface area contributed by atoms with E-state index in [1.807, 2.05) is 36.5 Å². The Kier molecular flexibility index (Phi) is 6.76. The second kappa shape index (κ2) is 10.1. The van der Waals surface area contributed by atoms with Crippen LogP contribution in [0.3, 0.4) is 0 Å². The van der Waals surface area contributed by atoms with Crippen molar-refractivity contribution in [2.75, 3.05) is 12.3 Å². The first-order valence-corrected chi connectivity index (χ1v) is 10.7. The van der Waals surface area contributed by atoms with Gasteiger partial charge in [0.1, 0.15) is 5.52 Å². The van der Waals surface area contributed by atoms with E-state index in [1.165, 1.54) is 10.1 Å². The van der Waals surface area contributed by atoms with Gasteiger partial charge in [0.2, 0.25) is 0 Å². The SMILES string of the molecule is CCCCOc1nc(N)c2[nH]c(=O)n(Cc3ccc(CNCc4ccccc4)cn3)c2n1. The number of nitrogens with zero attached hydrogens (tertiary/aromatic N) is 4. The minimum atomic E-state index is -0.317. The van der Waals surface area contributed by atoms with Gasteiger partial charge in [-0.3, -0.25) is 9.55 Å². The van der Waals surface area contributed by atoms with Crippen LogP contribution in [-0.4, -0.2) is 31.1 Å². The summed E-state index contributed by atoms with van der Waals surface area (Å²) in [5, 5.41) is 3.40. The zero-order valence-electron chi connectivity index (χ0n) is 18.0. The van der Waals surface area contributed by atoms with E-state index in [9.17, 15) is 4.79 Å². The van der Waals surface area contributed by atoms with E-state index in [0.29, 0.717) is 24.3 Å². The minimum Gasteiger partial charge on any atom is -0.463 e. The molecule has 3 aromatic heterocycles. The summed E-state index contributed by atoms with van der Waals surface area (Å²) in [4.78, 5) is 28.3. The van der Waals surface area contributed by atoms with Gasteiger partial charge in [0.25, 0.3) is 0 Å². The Labute approximate surface area is 185 Å². The number of anilines is 1. The highest BCUT2D eigenvalue weighted by Gasteiger charge is 2.15. The summed E-state index contributed by atoms with van der Waals surface area (Å²) in [5.74, 6) is 0.185. The van der Waals surface area contributed by atoms with Gasteiger partial charge in [0.05, 0.1) is 18.8 Å². The van der Waals surface area contributed by atoms with Gasteiger partial charge in [-0.05, 0) is 23.6 Å². The number of nitrogens with two attached hydrogens (primary N) is 1. The number of benzene rings is 1. The second-order valence-corrected chi connectivity index (χ2v) is 7.56. The molecule has 4 N–H and O–H groups in total. The number of H-pyrrole nitrogens is 1. The number of imidazole rings is 1. The number of nitrogens with one attached hydrogen (secondary N) is 2. The highest BCUT2D eigenvalue weighted by Crippen LogP contribution is 2.18. The van der Waals surface area contributed by atoms with Crippen LogP contribution in [0.15, 0.2) is 53.5 Å². The molecule has 0 aliphatic rings. The molecule has 3 heterocycles. The lowest BCUT2D eigenvalue weighted by Crippen LogP contribution is -2.18. The van der Waals surface area contributed by atoms with Crippen molar-refractivity contribution < 1.29 is 4.74 Å². The number of nitrogen functional groups attached to an aromatic ring is 1. The van der Waals surface area contributed by atoms with Gasteiger partial charge in [-0.25, -0.2) is 4.79 Å². The van der Waals surface area contributed by atoms with Crippen molar-refractivity contribution in [2.45, 2.75) is 39.4 Å². The first-order chi connectivity index (χ1) is 15.6. The highest BCUT2D eigenvalue weighted by molar-refractivity contribution is 5.81. The van der Waals surface area contributed by atoms with Crippen LogP contribution in [0.2, 0.25) is 0 Å². The van der Waals surface area contributed by atoms with Crippen LogP contribution in [0.5, 0.6) is 6.01 Å². The number of ether oxygens (including phenoxy) is 1. The summed E-state index contributed by atoms with van der Waals surface area (Å²) in [5.41, 5.74) is 9.54. The highest BCUT2D eigenvalue weighted by atomic mass is 16.5. The van der Waals surface area contributed by atoms with Gasteiger partial charge in [0.15, 0.2) is 11.5 Å². The number of unbranched alkanes of at least 4 members (excludes halogenated alkanes) is 1. The summed E-state index contributed by atoms with van der Waals surface area (Å²) in [6, 6.07) is 14.3. The maximum Gasteiger partial charge on any atom is 0.328 e. The lowest BCUT2D eigenvalue weighted by molar-refractivity contribution is 0.286. The molecule has 0 aliphatic carbocycles. The summed E-state index contributed by atoms with van der Waals surface area (Å²) in [7, 11) is 0. The largest absolute Gasteiger partial charge is 0.463 e. The molecule has 166 valence electrons. The minimum absolute atomic E-state index is 0.170. The van der Waals surface area contributed by atoms with Crippen LogP contribution in [0.4, 0.5) is 5.82 Å². The van der Waals surface area contributed by atoms with Gasteiger partial charge in [-0.1, -0.05) is 49.7 Å². The Bertz CT molecular complexity index is 1220. The van der Waals surface area contributed by atoms with E-state index >= 15 is 0 Å². The molecule has 0 radical (unpaired) electrons. The normalized spacial score (nSPS) is 11.2. The van der Waals surface area contributed by atoms with Crippen LogP contribution in [-0.2, 0) is 19.6 Å². The van der Waals surface area contributed by atoms with Gasteiger partial charge < -0.3 is 20.8 Å². The molecule has 0 fully saturated rings. The number of pyridine rings is 1. The van der Waals surface area contributed by atoms with E-state index in [-0.39, 0.29) is 24.1 Å². The summed E-state index contributed by atoms with van der Waals surface area (Å²) < 4.78 is 7.08. The molecule has 0 saturated carbocycles. The molecule has 32 heavy (non-hydrogen) atoms. The Morgan fingerprint density at radius 3 is 2.66 bits per heavy atom. The first kappa shape index (κ1) is 21.5. The zero-order chi connectivity index (χ0) is 22.3. The van der Waals surface area contributed by atoms with Crippen molar-refractivity contribution in [2.24, 2.45) is 0 Å². The van der Waals surface area contributed by atoms with E-state index in [1.54, 1.807) is 0 Å². The second-order valence-electron chi connectivity index (χ2n) is 7.56. The quantitative estimate of drug-likeness (QED) is 0.328. The average Bonchev–Trinajstić information content (AvgIpc) is 3.12. The number of hydrogen-bond donors (Lipinski definition) is 3. The van der Waals surface area contributed by atoms with Gasteiger partial charge in [-0.15, -0.1) is 0 Å². The third-order valence-electron chi connectivity index (χ3n) is 5.07. The van der Waals surface area contributed by atoms with Crippen LogP contribution in [0, 0.1) is 0 Å². The molecule has 0 aliphatic heterocycles. The van der Waals surface area contributed by atoms with Crippen molar-refractivity contribution in [1.82, 2.24) is 29.8 Å². The molecule has 4 rings (SSSR count). The van der Waals surface area contributed by atoms with Crippen molar-refractivity contribution in [1.29, 1.82) is 0 Å². The molecule has 0 bridgehead atoms. The molecule has 4 aromatic rings. The number of hydrogen-bond acceptors (Lipinski definition) is 7. The zero-order valence-corrected chi connectivity index (χ0v) is 18.0. The number of aromatic nitrogens is 5. The van der Waals surface area contributed by atoms with Crippen LogP contribution >= 0.6 is 0 Å². The van der Waals surface area contributed by atoms with Crippen molar-refractivity contribution in [3.8, 4) is 6.01 Å². The van der Waals surface area contributed by atoms with E-state index < -0.39 is 0 Å². The molecule has 9 nitrogen and oxygen atoms in total. The van der Waals surface area contributed by atoms with Gasteiger partial charge >= 0.3 is 11.7 Å². The predicted octanol–water partition coefficient (Wildman–Crippen LogP) is 2.61. The third kappa shape index (κ3) is 5.12. The smallest absolute Gasteiger partial charge is 0.328 e. The lowest BCUT2D eigenvalue weighted by Gasteiger charge is -2.08. The van der Waals surface area contributed by atoms with E-state index in [4.69, 9.17) is 10.5 Å². The van der Waals surface area contributed by atoms with E-state index in [2.05, 4.69) is 44.3 Å². The van der Waals surface area contributed by atoms with Gasteiger partial charge in [0, 0.05) is 19.3 Å². The Balaban J connectivity index is 1.45. The lowest BCUT2D eigenvalue weighted by atomic mass is 10.2. The number of fused-ring (bicyclic) bond motifs is 1. The molecule has 0 saturated heterocycles. The predicted molar refractivity (Wildman–Crippen MR) is 123 cm³/mol. The van der Waals surface area contributed by atoms with Crippen molar-refractivity contribution >= 4 is 17.0 Å². The third-order valence-corrected chi connectivity index (χ3v) is 5.07. The van der Waals surface area contributed by atoms with Crippen molar-refractivity contribution in [3.63, 3.8) is 0 Å². The Hall–Kier alpha value is -3.72. The fourth-order valence-electron chi connectivity index (χ4n) is 3.31. The molecule has 1 aromatic carbocycles. The summed E-state index contributed by atoms with van der Waals surface area (Å²) in [6.45, 7) is 4.33. The fraction of sp³-hybridized carbons (Fsp3) is 0.304. The van der Waals surface area contributed by atoms with Crippen molar-refractivity contribution in [3.05, 3.63) is 76.0 Å². The van der Waals surface area contributed by atoms with Crippen LogP contribution in [0.25, 0.3) is 11.2 Å². The Morgan fingerprint density at radius 2 is 1.91 bits per heavy atom. The maximum absolute atomic E-state index is 12.5. The summed E-state index contributed by atoms with van der Waals surface area (Å²) >= 11 is 0. The molecule has 0 atom stereocenters. The monoisotopic (exact) mass is 433 g/mol. The molecule has 0 amide bonds. The molecular formula is C23H27N7O2. The fourth-order valence-corrected chi connectivity index (χ4v) is 3.31. The average molecular weight is 434 g/mol. The molecule has 0 unspecified atom stereocenters.